The third-order valence-electron chi connectivity index (χ3n) is 2.26. The van der Waals surface area contributed by atoms with Crippen LogP contribution in [0.3, 0.4) is 0 Å². The molecule has 0 amide bonds. The van der Waals surface area contributed by atoms with Crippen LogP contribution in [0.15, 0.2) is 22.7 Å². The van der Waals surface area contributed by atoms with E-state index in [1.165, 1.54) is 6.07 Å². The Balaban J connectivity index is 2.84. The van der Waals surface area contributed by atoms with Crippen LogP contribution >= 0.6 is 15.9 Å². The number of ether oxygens (including phenoxy) is 1. The van der Waals surface area contributed by atoms with E-state index in [9.17, 15) is 9.18 Å². The van der Waals surface area contributed by atoms with Crippen molar-refractivity contribution in [1.82, 2.24) is 0 Å². The van der Waals surface area contributed by atoms with Gasteiger partial charge in [-0.3, -0.25) is 0 Å². The topological polar surface area (TPSA) is 38.3 Å². The quantitative estimate of drug-likeness (QED) is 0.848. The van der Waals surface area contributed by atoms with Crippen molar-refractivity contribution >= 4 is 27.6 Å². The predicted octanol–water partition coefficient (Wildman–Crippen LogP) is 3.34. The fourth-order valence-corrected chi connectivity index (χ4v) is 1.84. The molecule has 0 radical (unpaired) electrons. The molecule has 0 saturated carbocycles. The molecule has 17 heavy (non-hydrogen) atoms. The lowest BCUT2D eigenvalue weighted by molar-refractivity contribution is -0.144. The highest BCUT2D eigenvalue weighted by Crippen LogP contribution is 2.26. The van der Waals surface area contributed by atoms with E-state index in [-0.39, 0.29) is 11.7 Å². The van der Waals surface area contributed by atoms with Crippen LogP contribution in [0.2, 0.25) is 0 Å². The average molecular weight is 304 g/mol. The molecule has 5 heteroatoms. The Bertz CT molecular complexity index is 378. The first-order valence-electron chi connectivity index (χ1n) is 5.47. The van der Waals surface area contributed by atoms with Gasteiger partial charge in [-0.1, -0.05) is 13.0 Å². The SMILES string of the molecule is CCOC(=O)C(CC)Nc1c(F)cccc1Br. The molecule has 1 rings (SSSR count). The molecule has 3 nitrogen and oxygen atoms in total. The summed E-state index contributed by atoms with van der Waals surface area (Å²) in [5.41, 5.74) is 0.285. The highest BCUT2D eigenvalue weighted by atomic mass is 79.9. The van der Waals surface area contributed by atoms with E-state index in [0.29, 0.717) is 17.5 Å². The molecule has 0 bridgehead atoms. The number of hydrogen-bond acceptors (Lipinski definition) is 3. The van der Waals surface area contributed by atoms with Gasteiger partial charge in [0, 0.05) is 4.47 Å². The van der Waals surface area contributed by atoms with Crippen LogP contribution in [-0.4, -0.2) is 18.6 Å². The first-order chi connectivity index (χ1) is 8.10. The van der Waals surface area contributed by atoms with E-state index < -0.39 is 11.9 Å². The molecule has 0 saturated heterocycles. The minimum absolute atomic E-state index is 0.285. The normalized spacial score (nSPS) is 12.0. The average Bonchev–Trinajstić information content (AvgIpc) is 2.29. The zero-order valence-electron chi connectivity index (χ0n) is 9.80. The lowest BCUT2D eigenvalue weighted by Crippen LogP contribution is -2.31. The van der Waals surface area contributed by atoms with Crippen molar-refractivity contribution in [3.8, 4) is 0 Å². The first-order valence-corrected chi connectivity index (χ1v) is 6.26. The second-order valence-electron chi connectivity index (χ2n) is 3.45. The molecule has 0 aromatic heterocycles. The minimum Gasteiger partial charge on any atom is -0.464 e. The molecular weight excluding hydrogens is 289 g/mol. The monoisotopic (exact) mass is 303 g/mol. The van der Waals surface area contributed by atoms with Crippen molar-refractivity contribution in [2.75, 3.05) is 11.9 Å². The van der Waals surface area contributed by atoms with Crippen molar-refractivity contribution < 1.29 is 13.9 Å². The summed E-state index contributed by atoms with van der Waals surface area (Å²) < 4.78 is 19.0. The maximum atomic E-state index is 13.6. The Hall–Kier alpha value is -1.10. The molecule has 1 aromatic carbocycles. The maximum Gasteiger partial charge on any atom is 0.328 e. The number of carbonyl (C=O) groups is 1. The predicted molar refractivity (Wildman–Crippen MR) is 68.4 cm³/mol. The molecule has 1 aromatic rings. The van der Waals surface area contributed by atoms with Crippen molar-refractivity contribution in [2.24, 2.45) is 0 Å². The second kappa shape index (κ2) is 6.59. The largest absolute Gasteiger partial charge is 0.464 e. The summed E-state index contributed by atoms with van der Waals surface area (Å²) in [5, 5.41) is 2.85. The Morgan fingerprint density at radius 3 is 2.76 bits per heavy atom. The highest BCUT2D eigenvalue weighted by Gasteiger charge is 2.19. The van der Waals surface area contributed by atoms with Gasteiger partial charge in [-0.2, -0.15) is 0 Å². The van der Waals surface area contributed by atoms with E-state index in [4.69, 9.17) is 4.74 Å². The molecule has 1 N–H and O–H groups in total. The van der Waals surface area contributed by atoms with Crippen LogP contribution < -0.4 is 5.32 Å². The molecule has 0 aliphatic carbocycles. The molecule has 1 atom stereocenters. The third-order valence-corrected chi connectivity index (χ3v) is 2.92. The van der Waals surface area contributed by atoms with E-state index in [1.54, 1.807) is 19.1 Å². The van der Waals surface area contributed by atoms with Gasteiger partial charge in [-0.05, 0) is 41.4 Å². The summed E-state index contributed by atoms with van der Waals surface area (Å²) in [6.45, 7) is 3.89. The second-order valence-corrected chi connectivity index (χ2v) is 4.31. The number of halogens is 2. The fraction of sp³-hybridized carbons (Fsp3) is 0.417. The molecule has 0 spiro atoms. The summed E-state index contributed by atoms with van der Waals surface area (Å²) in [4.78, 5) is 11.6. The van der Waals surface area contributed by atoms with Gasteiger partial charge in [0.1, 0.15) is 11.9 Å². The number of rotatable bonds is 5. The van der Waals surface area contributed by atoms with Gasteiger partial charge in [0.25, 0.3) is 0 Å². The summed E-state index contributed by atoms with van der Waals surface area (Å²) in [5.74, 6) is -0.771. The lowest BCUT2D eigenvalue weighted by atomic mass is 10.2. The molecule has 1 unspecified atom stereocenters. The summed E-state index contributed by atoms with van der Waals surface area (Å²) in [6, 6.07) is 4.10. The van der Waals surface area contributed by atoms with E-state index >= 15 is 0 Å². The Morgan fingerprint density at radius 1 is 1.53 bits per heavy atom. The number of para-hydroxylation sites is 1. The van der Waals surface area contributed by atoms with Gasteiger partial charge in [0.15, 0.2) is 0 Å². The third kappa shape index (κ3) is 3.70. The zero-order chi connectivity index (χ0) is 12.8. The number of nitrogens with one attached hydrogen (secondary N) is 1. The molecule has 0 heterocycles. The Morgan fingerprint density at radius 2 is 2.24 bits per heavy atom. The number of esters is 1. The molecule has 0 aliphatic heterocycles. The van der Waals surface area contributed by atoms with Crippen molar-refractivity contribution in [3.63, 3.8) is 0 Å². The van der Waals surface area contributed by atoms with Gasteiger partial charge in [-0.15, -0.1) is 0 Å². The van der Waals surface area contributed by atoms with Crippen LogP contribution in [0.1, 0.15) is 20.3 Å². The van der Waals surface area contributed by atoms with Gasteiger partial charge in [0.2, 0.25) is 0 Å². The van der Waals surface area contributed by atoms with E-state index in [0.717, 1.165) is 0 Å². The standard InChI is InChI=1S/C12H15BrFNO2/c1-3-10(12(16)17-4-2)15-11-8(13)6-5-7-9(11)14/h5-7,10,15H,3-4H2,1-2H3. The van der Waals surface area contributed by atoms with Crippen molar-refractivity contribution in [2.45, 2.75) is 26.3 Å². The van der Waals surface area contributed by atoms with Gasteiger partial charge in [-0.25, -0.2) is 9.18 Å². The number of benzene rings is 1. The van der Waals surface area contributed by atoms with Crippen LogP contribution in [0, 0.1) is 5.82 Å². The summed E-state index contributed by atoms with van der Waals surface area (Å²) in [6.07, 6.45) is 0.527. The number of anilines is 1. The van der Waals surface area contributed by atoms with E-state index in [2.05, 4.69) is 21.2 Å². The first kappa shape index (κ1) is 14.0. The lowest BCUT2D eigenvalue weighted by Gasteiger charge is -2.18. The summed E-state index contributed by atoms with van der Waals surface area (Å²) >= 11 is 3.24. The van der Waals surface area contributed by atoms with Crippen LogP contribution in [-0.2, 0) is 9.53 Å². The smallest absolute Gasteiger partial charge is 0.328 e. The van der Waals surface area contributed by atoms with Crippen molar-refractivity contribution in [1.29, 1.82) is 0 Å². The molecule has 0 aliphatic rings. The van der Waals surface area contributed by atoms with Crippen LogP contribution in [0.25, 0.3) is 0 Å². The zero-order valence-corrected chi connectivity index (χ0v) is 11.4. The maximum absolute atomic E-state index is 13.6. The highest BCUT2D eigenvalue weighted by molar-refractivity contribution is 9.10. The fourth-order valence-electron chi connectivity index (χ4n) is 1.38. The number of hydrogen-bond donors (Lipinski definition) is 1. The molecular formula is C12H15BrFNO2. The van der Waals surface area contributed by atoms with Crippen LogP contribution in [0.5, 0.6) is 0 Å². The Kier molecular flexibility index (Phi) is 5.41. The van der Waals surface area contributed by atoms with E-state index in [1.807, 2.05) is 6.92 Å². The molecule has 94 valence electrons. The number of carbonyl (C=O) groups excluding carboxylic acids is 1. The van der Waals surface area contributed by atoms with Gasteiger partial charge < -0.3 is 10.1 Å². The van der Waals surface area contributed by atoms with Crippen LogP contribution in [0.4, 0.5) is 10.1 Å². The van der Waals surface area contributed by atoms with Gasteiger partial charge >= 0.3 is 5.97 Å². The van der Waals surface area contributed by atoms with Gasteiger partial charge in [0.05, 0.1) is 12.3 Å². The van der Waals surface area contributed by atoms with Crippen molar-refractivity contribution in [3.05, 3.63) is 28.5 Å². The minimum atomic E-state index is -0.539. The molecule has 0 fully saturated rings. The summed E-state index contributed by atoms with van der Waals surface area (Å²) in [7, 11) is 0. The Labute approximate surface area is 108 Å².